The van der Waals surface area contributed by atoms with Gasteiger partial charge in [-0.1, -0.05) is 31.4 Å². The fraction of sp³-hybridized carbons (Fsp3) is 0.500. The van der Waals surface area contributed by atoms with Crippen molar-refractivity contribution < 1.29 is 24.9 Å². The van der Waals surface area contributed by atoms with Gasteiger partial charge in [-0.05, 0) is 61.6 Å². The second kappa shape index (κ2) is 8.26. The summed E-state index contributed by atoms with van der Waals surface area (Å²) in [6.07, 6.45) is 13.6. The monoisotopic (exact) mass is 411 g/mol. The molecule has 0 aromatic heterocycles. The zero-order valence-electron chi connectivity index (χ0n) is 17.1. The summed E-state index contributed by atoms with van der Waals surface area (Å²) in [5.41, 5.74) is 2.40. The van der Waals surface area contributed by atoms with Crippen molar-refractivity contribution in [3.8, 4) is 11.5 Å². The number of allylic oxidation sites excluding steroid dienone is 4. The van der Waals surface area contributed by atoms with E-state index in [9.17, 15) is 19.8 Å². The lowest BCUT2D eigenvalue weighted by molar-refractivity contribution is -0.137. The molecule has 0 amide bonds. The summed E-state index contributed by atoms with van der Waals surface area (Å²) in [4.78, 5) is 24.8. The van der Waals surface area contributed by atoms with Crippen molar-refractivity contribution in [2.45, 2.75) is 62.8 Å². The number of ketones is 1. The number of aromatic hydroxyl groups is 2. The Hall–Kier alpha value is -2.60. The van der Waals surface area contributed by atoms with Crippen LogP contribution >= 0.6 is 0 Å². The van der Waals surface area contributed by atoms with E-state index >= 15 is 0 Å². The molecular weight excluding hydrogens is 382 g/mol. The van der Waals surface area contributed by atoms with Gasteiger partial charge in [0, 0.05) is 30.0 Å². The highest BCUT2D eigenvalue weighted by atomic mass is 16.4. The molecule has 3 N–H and O–H groups in total. The number of phenols is 2. The molecule has 30 heavy (non-hydrogen) atoms. The minimum atomic E-state index is -0.727. The number of aliphatic carboxylic acids is 1. The van der Waals surface area contributed by atoms with Crippen molar-refractivity contribution in [2.75, 3.05) is 13.1 Å². The number of hydrogen-bond donors (Lipinski definition) is 3. The number of nitrogens with zero attached hydrogens (tertiary/aromatic N) is 1. The maximum atomic E-state index is 11.7. The molecule has 4 rings (SSSR count). The molecular formula is C24H29NO5. The lowest BCUT2D eigenvalue weighted by Crippen LogP contribution is -2.35. The van der Waals surface area contributed by atoms with Gasteiger partial charge in [0.25, 0.3) is 0 Å². The van der Waals surface area contributed by atoms with Gasteiger partial charge in [-0.2, -0.15) is 0 Å². The molecule has 0 fully saturated rings. The Balaban J connectivity index is 1.48. The van der Waals surface area contributed by atoms with Crippen LogP contribution in [0.25, 0.3) is 0 Å². The number of fused-ring (bicyclic) bond motifs is 1. The quantitative estimate of drug-likeness (QED) is 0.445. The lowest BCUT2D eigenvalue weighted by Gasteiger charge is -2.35. The number of benzene rings is 1. The van der Waals surface area contributed by atoms with E-state index in [4.69, 9.17) is 5.11 Å². The summed E-state index contributed by atoms with van der Waals surface area (Å²) in [5, 5.41) is 29.7. The van der Waals surface area contributed by atoms with Gasteiger partial charge in [-0.25, -0.2) is 0 Å². The SMILES string of the molecule is O=C1C=CC2(C=C1)C[C@@H]1c3c(cc(O)c(O)c32)CCN1CCCCCCCC(=O)O. The van der Waals surface area contributed by atoms with Gasteiger partial charge in [0.1, 0.15) is 0 Å². The number of unbranched alkanes of at least 4 members (excludes halogenated alkanes) is 4. The molecule has 1 atom stereocenters. The minimum absolute atomic E-state index is 0.0554. The smallest absolute Gasteiger partial charge is 0.303 e. The molecule has 6 heteroatoms. The molecule has 1 spiro atoms. The van der Waals surface area contributed by atoms with E-state index in [2.05, 4.69) is 4.90 Å². The first-order valence-electron chi connectivity index (χ1n) is 10.9. The zero-order valence-corrected chi connectivity index (χ0v) is 17.1. The third-order valence-electron chi connectivity index (χ3n) is 6.77. The summed E-state index contributed by atoms with van der Waals surface area (Å²) >= 11 is 0. The third-order valence-corrected chi connectivity index (χ3v) is 6.77. The Labute approximate surface area is 176 Å². The molecule has 0 saturated heterocycles. The van der Waals surface area contributed by atoms with Crippen molar-refractivity contribution >= 4 is 11.8 Å². The Morgan fingerprint density at radius 3 is 2.53 bits per heavy atom. The van der Waals surface area contributed by atoms with Crippen LogP contribution in [0.5, 0.6) is 11.5 Å². The first-order chi connectivity index (χ1) is 14.4. The fourth-order valence-corrected chi connectivity index (χ4v) is 5.31. The second-order valence-electron chi connectivity index (χ2n) is 8.72. The van der Waals surface area contributed by atoms with Crippen LogP contribution < -0.4 is 0 Å². The Morgan fingerprint density at radius 1 is 1.10 bits per heavy atom. The number of carboxylic acid groups (broad SMARTS) is 1. The lowest BCUT2D eigenvalue weighted by atomic mass is 9.77. The van der Waals surface area contributed by atoms with E-state index in [-0.39, 0.29) is 29.7 Å². The molecule has 0 radical (unpaired) electrons. The highest BCUT2D eigenvalue weighted by molar-refractivity contribution is 6.01. The molecule has 3 aliphatic rings. The van der Waals surface area contributed by atoms with Crippen LogP contribution in [-0.2, 0) is 21.4 Å². The molecule has 0 bridgehead atoms. The van der Waals surface area contributed by atoms with Gasteiger partial charge in [-0.3, -0.25) is 14.5 Å². The molecule has 1 aromatic rings. The largest absolute Gasteiger partial charge is 0.504 e. The average molecular weight is 411 g/mol. The van der Waals surface area contributed by atoms with Gasteiger partial charge in [0.15, 0.2) is 17.3 Å². The summed E-state index contributed by atoms with van der Waals surface area (Å²) in [6.45, 7) is 1.86. The van der Waals surface area contributed by atoms with Crippen molar-refractivity contribution in [2.24, 2.45) is 0 Å². The van der Waals surface area contributed by atoms with Crippen molar-refractivity contribution in [1.82, 2.24) is 4.90 Å². The second-order valence-corrected chi connectivity index (χ2v) is 8.72. The van der Waals surface area contributed by atoms with Gasteiger partial charge >= 0.3 is 5.97 Å². The number of carbonyl (C=O) groups excluding carboxylic acids is 1. The molecule has 1 aliphatic heterocycles. The van der Waals surface area contributed by atoms with E-state index in [1.165, 1.54) is 0 Å². The Kier molecular flexibility index (Phi) is 5.69. The van der Waals surface area contributed by atoms with Gasteiger partial charge in [0.2, 0.25) is 0 Å². The molecule has 2 aliphatic carbocycles. The predicted molar refractivity (Wildman–Crippen MR) is 113 cm³/mol. The Morgan fingerprint density at radius 2 is 1.80 bits per heavy atom. The van der Waals surface area contributed by atoms with Crippen LogP contribution in [0, 0.1) is 0 Å². The number of carbonyl (C=O) groups is 2. The first kappa shape index (κ1) is 20.7. The van der Waals surface area contributed by atoms with Crippen molar-refractivity contribution in [3.63, 3.8) is 0 Å². The van der Waals surface area contributed by atoms with Crippen LogP contribution in [0.1, 0.15) is 67.7 Å². The Bertz CT molecular complexity index is 901. The molecule has 1 heterocycles. The number of carboxylic acids is 1. The molecule has 160 valence electrons. The summed E-state index contributed by atoms with van der Waals surface area (Å²) < 4.78 is 0. The van der Waals surface area contributed by atoms with Crippen LogP contribution in [0.3, 0.4) is 0 Å². The topological polar surface area (TPSA) is 98.1 Å². The van der Waals surface area contributed by atoms with E-state index in [1.807, 2.05) is 12.2 Å². The molecule has 0 saturated carbocycles. The third kappa shape index (κ3) is 3.76. The highest BCUT2D eigenvalue weighted by Crippen LogP contribution is 2.57. The van der Waals surface area contributed by atoms with Gasteiger partial charge < -0.3 is 15.3 Å². The molecule has 0 unspecified atom stereocenters. The normalized spacial score (nSPS) is 21.3. The van der Waals surface area contributed by atoms with Crippen molar-refractivity contribution in [1.29, 1.82) is 0 Å². The minimum Gasteiger partial charge on any atom is -0.504 e. The number of phenolic OH excluding ortho intramolecular Hbond substituents is 2. The zero-order chi connectivity index (χ0) is 21.3. The van der Waals surface area contributed by atoms with E-state index in [0.29, 0.717) is 0 Å². The van der Waals surface area contributed by atoms with Crippen LogP contribution in [0.15, 0.2) is 30.4 Å². The maximum Gasteiger partial charge on any atom is 0.303 e. The summed E-state index contributed by atoms with van der Waals surface area (Å²) in [7, 11) is 0. The van der Waals surface area contributed by atoms with Crippen LogP contribution in [0.2, 0.25) is 0 Å². The van der Waals surface area contributed by atoms with E-state index < -0.39 is 11.4 Å². The standard InChI is InChI=1S/C24H29NO5/c26-17-7-10-24(11-8-17)15-18-21-16(14-19(27)23(30)22(21)24)9-13-25(18)12-5-3-1-2-4-6-20(28)29/h7-8,10-11,14,18,27,30H,1-6,9,12-13,15H2,(H,28,29)/t18-/m1/s1. The van der Waals surface area contributed by atoms with Gasteiger partial charge in [0.05, 0.1) is 0 Å². The molecule has 1 aromatic carbocycles. The molecule has 6 nitrogen and oxygen atoms in total. The fourth-order valence-electron chi connectivity index (χ4n) is 5.31. The first-order valence-corrected chi connectivity index (χ1v) is 10.9. The van der Waals surface area contributed by atoms with E-state index in [1.54, 1.807) is 18.2 Å². The average Bonchev–Trinajstić information content (AvgIpc) is 3.05. The summed E-state index contributed by atoms with van der Waals surface area (Å²) in [6, 6.07) is 1.85. The van der Waals surface area contributed by atoms with E-state index in [0.717, 1.165) is 74.7 Å². The maximum absolute atomic E-state index is 11.7. The van der Waals surface area contributed by atoms with Crippen LogP contribution in [0.4, 0.5) is 0 Å². The van der Waals surface area contributed by atoms with Crippen molar-refractivity contribution in [3.05, 3.63) is 47.1 Å². The number of rotatable bonds is 8. The van der Waals surface area contributed by atoms with Crippen LogP contribution in [-0.4, -0.2) is 45.1 Å². The summed E-state index contributed by atoms with van der Waals surface area (Å²) in [5.74, 6) is -0.938. The number of hydrogen-bond acceptors (Lipinski definition) is 5. The highest BCUT2D eigenvalue weighted by Gasteiger charge is 2.48. The predicted octanol–water partition coefficient (Wildman–Crippen LogP) is 3.76. The van der Waals surface area contributed by atoms with Gasteiger partial charge in [-0.15, -0.1) is 0 Å².